The van der Waals surface area contributed by atoms with Crippen LogP contribution in [-0.4, -0.2) is 32.7 Å². The Morgan fingerprint density at radius 2 is 2.04 bits per heavy atom. The van der Waals surface area contributed by atoms with Crippen LogP contribution in [0.4, 0.5) is 5.69 Å². The molecule has 0 saturated heterocycles. The van der Waals surface area contributed by atoms with Crippen molar-refractivity contribution in [1.82, 2.24) is 20.2 Å². The van der Waals surface area contributed by atoms with E-state index < -0.39 is 0 Å². The van der Waals surface area contributed by atoms with E-state index >= 15 is 0 Å². The van der Waals surface area contributed by atoms with Crippen LogP contribution in [0.2, 0.25) is 0 Å². The first kappa shape index (κ1) is 17.2. The summed E-state index contributed by atoms with van der Waals surface area (Å²) in [6.07, 6.45) is 2.52. The largest absolute Gasteiger partial charge is 0.494 e. The fourth-order valence-electron chi connectivity index (χ4n) is 2.95. The molecule has 0 bridgehead atoms. The summed E-state index contributed by atoms with van der Waals surface area (Å²) >= 11 is 0. The van der Waals surface area contributed by atoms with Crippen LogP contribution in [-0.2, 0) is 11.2 Å². The smallest absolute Gasteiger partial charge is 0.228 e. The van der Waals surface area contributed by atoms with Gasteiger partial charge in [0, 0.05) is 11.3 Å². The van der Waals surface area contributed by atoms with Crippen molar-refractivity contribution in [3.05, 3.63) is 54.1 Å². The first-order valence-electron chi connectivity index (χ1n) is 9.13. The fourth-order valence-corrected chi connectivity index (χ4v) is 2.95. The lowest BCUT2D eigenvalue weighted by molar-refractivity contribution is -0.115. The first-order chi connectivity index (χ1) is 13.2. The van der Waals surface area contributed by atoms with Crippen molar-refractivity contribution in [2.24, 2.45) is 0 Å². The third-order valence-electron chi connectivity index (χ3n) is 4.39. The second-order valence-corrected chi connectivity index (χ2v) is 6.56. The van der Waals surface area contributed by atoms with Crippen LogP contribution in [0, 0.1) is 0 Å². The summed E-state index contributed by atoms with van der Waals surface area (Å²) in [5, 5.41) is 15.0. The van der Waals surface area contributed by atoms with Crippen molar-refractivity contribution in [3.63, 3.8) is 0 Å². The van der Waals surface area contributed by atoms with Crippen LogP contribution < -0.4 is 10.1 Å². The zero-order chi connectivity index (χ0) is 18.6. The number of anilines is 1. The van der Waals surface area contributed by atoms with Gasteiger partial charge < -0.3 is 10.1 Å². The number of rotatable bonds is 7. The predicted molar refractivity (Wildman–Crippen MR) is 101 cm³/mol. The van der Waals surface area contributed by atoms with Gasteiger partial charge in [-0.1, -0.05) is 24.3 Å². The summed E-state index contributed by atoms with van der Waals surface area (Å²) in [7, 11) is 0. The Kier molecular flexibility index (Phi) is 4.82. The monoisotopic (exact) mass is 363 g/mol. The lowest BCUT2D eigenvalue weighted by Crippen LogP contribution is -2.14. The van der Waals surface area contributed by atoms with Gasteiger partial charge in [0.05, 0.1) is 19.1 Å². The second kappa shape index (κ2) is 7.57. The average molecular weight is 363 g/mol. The highest BCUT2D eigenvalue weighted by Gasteiger charge is 2.28. The zero-order valence-corrected chi connectivity index (χ0v) is 15.1. The van der Waals surface area contributed by atoms with Gasteiger partial charge in [-0.15, -0.1) is 5.10 Å². The standard InChI is InChI=1S/C20H21N5O2/c1-2-27-18-10-6-14(7-11-18)12-19(26)21-16-5-3-4-15(13-16)20-22-23-24-25(20)17-8-9-17/h3-7,10-11,13,17H,2,8-9,12H2,1H3,(H,21,26). The Balaban J connectivity index is 1.43. The molecule has 1 amide bonds. The van der Waals surface area contributed by atoms with Gasteiger partial charge >= 0.3 is 0 Å². The van der Waals surface area contributed by atoms with Crippen molar-refractivity contribution < 1.29 is 9.53 Å². The Hall–Kier alpha value is -3.22. The molecule has 0 unspecified atom stereocenters. The van der Waals surface area contributed by atoms with Crippen LogP contribution in [0.25, 0.3) is 11.4 Å². The molecular formula is C20H21N5O2. The third-order valence-corrected chi connectivity index (χ3v) is 4.39. The number of ether oxygens (including phenoxy) is 1. The van der Waals surface area contributed by atoms with Gasteiger partial charge in [0.15, 0.2) is 5.82 Å². The number of nitrogens with one attached hydrogen (secondary N) is 1. The summed E-state index contributed by atoms with van der Waals surface area (Å²) in [6.45, 7) is 2.57. The molecule has 0 spiro atoms. The maximum atomic E-state index is 12.4. The normalized spacial score (nSPS) is 13.4. The predicted octanol–water partition coefficient (Wildman–Crippen LogP) is 3.25. The van der Waals surface area contributed by atoms with Gasteiger partial charge in [0.25, 0.3) is 0 Å². The van der Waals surface area contributed by atoms with E-state index in [9.17, 15) is 4.79 Å². The number of hydrogen-bond donors (Lipinski definition) is 1. The molecule has 0 aliphatic heterocycles. The summed E-state index contributed by atoms with van der Waals surface area (Å²) in [4.78, 5) is 12.4. The number of benzene rings is 2. The highest BCUT2D eigenvalue weighted by atomic mass is 16.5. The molecule has 0 atom stereocenters. The number of nitrogens with zero attached hydrogens (tertiary/aromatic N) is 4. The van der Waals surface area contributed by atoms with E-state index in [0.717, 1.165) is 41.2 Å². The molecule has 7 nitrogen and oxygen atoms in total. The molecule has 1 N–H and O–H groups in total. The molecule has 138 valence electrons. The quantitative estimate of drug-likeness (QED) is 0.697. The lowest BCUT2D eigenvalue weighted by atomic mass is 10.1. The van der Waals surface area contributed by atoms with Gasteiger partial charge in [0.2, 0.25) is 5.91 Å². The van der Waals surface area contributed by atoms with Crippen LogP contribution in [0.5, 0.6) is 5.75 Å². The summed E-state index contributed by atoms with van der Waals surface area (Å²) < 4.78 is 7.28. The van der Waals surface area contributed by atoms with Crippen LogP contribution in [0.15, 0.2) is 48.5 Å². The van der Waals surface area contributed by atoms with Gasteiger partial charge in [-0.3, -0.25) is 4.79 Å². The van der Waals surface area contributed by atoms with Crippen molar-refractivity contribution in [2.45, 2.75) is 32.2 Å². The molecule has 2 aromatic carbocycles. The highest BCUT2D eigenvalue weighted by molar-refractivity contribution is 5.92. The van der Waals surface area contributed by atoms with Crippen molar-refractivity contribution in [3.8, 4) is 17.1 Å². The molecule has 7 heteroatoms. The molecule has 1 heterocycles. The third kappa shape index (κ3) is 4.13. The van der Waals surface area contributed by atoms with Gasteiger partial charge in [-0.25, -0.2) is 4.68 Å². The molecule has 1 fully saturated rings. The van der Waals surface area contributed by atoms with Gasteiger partial charge in [-0.2, -0.15) is 0 Å². The molecule has 27 heavy (non-hydrogen) atoms. The van der Waals surface area contributed by atoms with Gasteiger partial charge in [0.1, 0.15) is 5.75 Å². The second-order valence-electron chi connectivity index (χ2n) is 6.56. The maximum absolute atomic E-state index is 12.4. The van der Waals surface area contributed by atoms with Crippen LogP contribution >= 0.6 is 0 Å². The molecular weight excluding hydrogens is 342 g/mol. The minimum atomic E-state index is -0.0712. The van der Waals surface area contributed by atoms with E-state index in [1.165, 1.54) is 0 Å². The minimum Gasteiger partial charge on any atom is -0.494 e. The fraction of sp³-hybridized carbons (Fsp3) is 0.300. The summed E-state index contributed by atoms with van der Waals surface area (Å²) in [5.41, 5.74) is 2.56. The molecule has 1 aliphatic carbocycles. The maximum Gasteiger partial charge on any atom is 0.228 e. The molecule has 0 radical (unpaired) electrons. The highest BCUT2D eigenvalue weighted by Crippen LogP contribution is 2.36. The Labute approximate surface area is 157 Å². The molecule has 1 aliphatic rings. The number of amides is 1. The van der Waals surface area contributed by atoms with Crippen molar-refractivity contribution in [1.29, 1.82) is 0 Å². The van der Waals surface area contributed by atoms with E-state index in [1.54, 1.807) is 0 Å². The molecule has 3 aromatic rings. The Bertz CT molecular complexity index is 932. The topological polar surface area (TPSA) is 81.9 Å². The molecule has 1 aromatic heterocycles. The van der Waals surface area contributed by atoms with E-state index in [2.05, 4.69) is 20.8 Å². The number of aromatic nitrogens is 4. The van der Waals surface area contributed by atoms with Crippen molar-refractivity contribution in [2.75, 3.05) is 11.9 Å². The number of tetrazole rings is 1. The Morgan fingerprint density at radius 3 is 2.78 bits per heavy atom. The number of hydrogen-bond acceptors (Lipinski definition) is 5. The van der Waals surface area contributed by atoms with E-state index in [-0.39, 0.29) is 5.91 Å². The number of carbonyl (C=O) groups excluding carboxylic acids is 1. The van der Waals surface area contributed by atoms with E-state index in [1.807, 2.05) is 60.1 Å². The first-order valence-corrected chi connectivity index (χ1v) is 9.13. The van der Waals surface area contributed by atoms with Gasteiger partial charge in [-0.05, 0) is 60.0 Å². The van der Waals surface area contributed by atoms with E-state index in [0.29, 0.717) is 19.1 Å². The Morgan fingerprint density at radius 1 is 1.22 bits per heavy atom. The van der Waals surface area contributed by atoms with Crippen LogP contribution in [0.3, 0.4) is 0 Å². The summed E-state index contributed by atoms with van der Waals surface area (Å²) in [5.74, 6) is 1.47. The SMILES string of the molecule is CCOc1ccc(CC(=O)Nc2cccc(-c3nnnn3C3CC3)c2)cc1. The number of carbonyl (C=O) groups is 1. The lowest BCUT2D eigenvalue weighted by Gasteiger charge is -2.08. The van der Waals surface area contributed by atoms with Crippen LogP contribution in [0.1, 0.15) is 31.4 Å². The zero-order valence-electron chi connectivity index (χ0n) is 15.1. The summed E-state index contributed by atoms with van der Waals surface area (Å²) in [6, 6.07) is 15.6. The molecule has 1 saturated carbocycles. The average Bonchev–Trinajstić information content (AvgIpc) is 3.40. The van der Waals surface area contributed by atoms with Crippen molar-refractivity contribution >= 4 is 11.6 Å². The minimum absolute atomic E-state index is 0.0712. The van der Waals surface area contributed by atoms with E-state index in [4.69, 9.17) is 4.74 Å². The molecule has 4 rings (SSSR count).